The number of benzene rings is 1. The fourth-order valence-electron chi connectivity index (χ4n) is 1.58. The second-order valence-electron chi connectivity index (χ2n) is 3.54. The molecule has 0 N–H and O–H groups in total. The highest BCUT2D eigenvalue weighted by Crippen LogP contribution is 2.17. The number of hydrogen-bond donors (Lipinski definition) is 0. The molecule has 1 aromatic heterocycles. The van der Waals surface area contributed by atoms with E-state index in [2.05, 4.69) is 4.98 Å². The van der Waals surface area contributed by atoms with E-state index in [0.29, 0.717) is 11.3 Å². The molecule has 0 unspecified atom stereocenters. The van der Waals surface area contributed by atoms with Crippen LogP contribution >= 0.6 is 0 Å². The number of para-hydroxylation sites is 1. The van der Waals surface area contributed by atoms with Gasteiger partial charge in [-0.2, -0.15) is 4.57 Å². The van der Waals surface area contributed by atoms with E-state index in [1.54, 1.807) is 48.6 Å². The topological polar surface area (TPSA) is 43.1 Å². The number of methoxy groups -OCH3 is 1. The lowest BCUT2D eigenvalue weighted by molar-refractivity contribution is -0.683. The molecule has 0 aliphatic heterocycles. The van der Waals surface area contributed by atoms with Gasteiger partial charge in [0.05, 0.1) is 25.1 Å². The van der Waals surface area contributed by atoms with E-state index in [4.69, 9.17) is 4.74 Å². The average Bonchev–Trinajstić information content (AvgIpc) is 2.40. The Morgan fingerprint density at radius 1 is 1.29 bits per heavy atom. The van der Waals surface area contributed by atoms with Crippen LogP contribution in [0.2, 0.25) is 0 Å². The van der Waals surface area contributed by atoms with Crippen LogP contribution in [0.5, 0.6) is 5.75 Å². The molecule has 0 atom stereocenters. The number of carbonyl (C=O) groups excluding carboxylic acids is 1. The number of Topliss-reactive ketones (excluding diaryl/α,β-unsaturated/α-hetero) is 1. The van der Waals surface area contributed by atoms with Crippen LogP contribution in [0.4, 0.5) is 0 Å². The van der Waals surface area contributed by atoms with E-state index in [1.807, 2.05) is 12.1 Å². The predicted octanol–water partition coefficient (Wildman–Crippen LogP) is 1.26. The molecule has 2 aromatic rings. The van der Waals surface area contributed by atoms with E-state index in [-0.39, 0.29) is 12.3 Å². The predicted molar refractivity (Wildman–Crippen MR) is 61.8 cm³/mol. The Labute approximate surface area is 99.5 Å². The summed E-state index contributed by atoms with van der Waals surface area (Å²) in [7, 11) is 1.56. The molecule has 0 fully saturated rings. The van der Waals surface area contributed by atoms with Gasteiger partial charge in [-0.1, -0.05) is 12.1 Å². The monoisotopic (exact) mass is 229 g/mol. The normalized spacial score (nSPS) is 9.94. The molecule has 1 heterocycles. The number of ketones is 1. The summed E-state index contributed by atoms with van der Waals surface area (Å²) in [5, 5.41) is 0. The summed E-state index contributed by atoms with van der Waals surface area (Å²) in [5.41, 5.74) is 0.597. The van der Waals surface area contributed by atoms with Crippen molar-refractivity contribution in [2.45, 2.75) is 6.54 Å². The second-order valence-corrected chi connectivity index (χ2v) is 3.54. The van der Waals surface area contributed by atoms with E-state index < -0.39 is 0 Å². The molecule has 4 nitrogen and oxygen atoms in total. The quantitative estimate of drug-likeness (QED) is 0.585. The molecule has 0 saturated carbocycles. The van der Waals surface area contributed by atoms with Crippen molar-refractivity contribution in [2.24, 2.45) is 0 Å². The number of nitrogens with zero attached hydrogens (tertiary/aromatic N) is 2. The maximum atomic E-state index is 12.1. The molecule has 17 heavy (non-hydrogen) atoms. The Balaban J connectivity index is 2.20. The summed E-state index contributed by atoms with van der Waals surface area (Å²) in [6, 6.07) is 7.22. The van der Waals surface area contributed by atoms with Crippen molar-refractivity contribution in [1.82, 2.24) is 4.98 Å². The van der Waals surface area contributed by atoms with E-state index in [0.717, 1.165) is 0 Å². The molecule has 4 heteroatoms. The second kappa shape index (κ2) is 5.21. The third-order valence-electron chi connectivity index (χ3n) is 2.42. The van der Waals surface area contributed by atoms with Crippen molar-refractivity contribution in [3.8, 4) is 5.75 Å². The summed E-state index contributed by atoms with van der Waals surface area (Å²) >= 11 is 0. The zero-order valence-electron chi connectivity index (χ0n) is 9.54. The molecule has 0 amide bonds. The molecule has 0 aliphatic rings. The zero-order valence-corrected chi connectivity index (χ0v) is 9.54. The molecule has 0 saturated heterocycles. The third-order valence-corrected chi connectivity index (χ3v) is 2.42. The minimum absolute atomic E-state index is 0.0126. The first-order valence-corrected chi connectivity index (χ1v) is 5.26. The molecule has 0 radical (unpaired) electrons. The lowest BCUT2D eigenvalue weighted by Crippen LogP contribution is -2.37. The van der Waals surface area contributed by atoms with Crippen molar-refractivity contribution >= 4 is 5.78 Å². The van der Waals surface area contributed by atoms with E-state index >= 15 is 0 Å². The van der Waals surface area contributed by atoms with Crippen LogP contribution in [0.1, 0.15) is 10.4 Å². The first-order valence-electron chi connectivity index (χ1n) is 5.26. The summed E-state index contributed by atoms with van der Waals surface area (Å²) in [6.45, 7) is 0.281. The molecule has 86 valence electrons. The third kappa shape index (κ3) is 2.66. The van der Waals surface area contributed by atoms with Gasteiger partial charge in [0.2, 0.25) is 12.3 Å². The van der Waals surface area contributed by atoms with Gasteiger partial charge in [0.15, 0.2) is 12.4 Å². The van der Waals surface area contributed by atoms with Gasteiger partial charge in [-0.05, 0) is 12.1 Å². The standard InChI is InChI=1S/C13H13N2O2/c1-17-13-5-3-2-4-11(13)12(16)10-15-8-6-14-7-9-15/h2-9H,10H2,1H3/q+1. The van der Waals surface area contributed by atoms with Crippen LogP contribution in [-0.2, 0) is 6.54 Å². The Morgan fingerprint density at radius 3 is 2.71 bits per heavy atom. The van der Waals surface area contributed by atoms with Gasteiger partial charge in [-0.3, -0.25) is 9.78 Å². The average molecular weight is 229 g/mol. The largest absolute Gasteiger partial charge is 0.496 e. The van der Waals surface area contributed by atoms with Crippen molar-refractivity contribution < 1.29 is 14.1 Å². The van der Waals surface area contributed by atoms with Gasteiger partial charge >= 0.3 is 0 Å². The summed E-state index contributed by atoms with van der Waals surface area (Å²) in [6.07, 6.45) is 6.81. The van der Waals surface area contributed by atoms with Crippen molar-refractivity contribution in [3.63, 3.8) is 0 Å². The molecular formula is C13H13N2O2+. The lowest BCUT2D eigenvalue weighted by atomic mass is 10.1. The van der Waals surface area contributed by atoms with Crippen molar-refractivity contribution in [1.29, 1.82) is 0 Å². The van der Waals surface area contributed by atoms with Gasteiger partial charge in [-0.15, -0.1) is 0 Å². The van der Waals surface area contributed by atoms with Crippen LogP contribution in [0.25, 0.3) is 0 Å². The fraction of sp³-hybridized carbons (Fsp3) is 0.154. The zero-order chi connectivity index (χ0) is 12.1. The first-order chi connectivity index (χ1) is 8.31. The van der Waals surface area contributed by atoms with Gasteiger partial charge < -0.3 is 4.74 Å². The minimum Gasteiger partial charge on any atom is -0.496 e. The smallest absolute Gasteiger partial charge is 0.231 e. The fourth-order valence-corrected chi connectivity index (χ4v) is 1.58. The molecule has 2 rings (SSSR count). The van der Waals surface area contributed by atoms with E-state index in [1.165, 1.54) is 0 Å². The number of carbonyl (C=O) groups is 1. The molecule has 0 bridgehead atoms. The maximum absolute atomic E-state index is 12.1. The van der Waals surface area contributed by atoms with Gasteiger partial charge in [0.1, 0.15) is 5.75 Å². The minimum atomic E-state index is 0.0126. The van der Waals surface area contributed by atoms with Crippen LogP contribution in [0.15, 0.2) is 49.1 Å². The summed E-state index contributed by atoms with van der Waals surface area (Å²) in [5.74, 6) is 0.616. The van der Waals surface area contributed by atoms with E-state index in [9.17, 15) is 4.79 Å². The Bertz CT molecular complexity index is 512. The number of ether oxygens (including phenoxy) is 1. The number of hydrogen-bond acceptors (Lipinski definition) is 3. The van der Waals surface area contributed by atoms with Crippen LogP contribution in [0, 0.1) is 0 Å². The first kappa shape index (κ1) is 11.3. The molecule has 0 spiro atoms. The van der Waals surface area contributed by atoms with Crippen LogP contribution in [0.3, 0.4) is 0 Å². The SMILES string of the molecule is COc1ccccc1C(=O)C[n+]1ccncc1. The van der Waals surface area contributed by atoms with Crippen molar-refractivity contribution in [2.75, 3.05) is 7.11 Å². The number of rotatable bonds is 4. The summed E-state index contributed by atoms with van der Waals surface area (Å²) < 4.78 is 6.94. The Kier molecular flexibility index (Phi) is 3.45. The Hall–Kier alpha value is -2.23. The molecular weight excluding hydrogens is 216 g/mol. The lowest BCUT2D eigenvalue weighted by Gasteiger charge is -2.04. The maximum Gasteiger partial charge on any atom is 0.231 e. The Morgan fingerprint density at radius 2 is 2.00 bits per heavy atom. The highest BCUT2D eigenvalue weighted by molar-refractivity contribution is 5.97. The highest BCUT2D eigenvalue weighted by Gasteiger charge is 2.15. The van der Waals surface area contributed by atoms with Crippen LogP contribution in [-0.4, -0.2) is 17.9 Å². The van der Waals surface area contributed by atoms with Gasteiger partial charge in [0.25, 0.3) is 0 Å². The molecule has 1 aromatic carbocycles. The summed E-state index contributed by atoms with van der Waals surface area (Å²) in [4.78, 5) is 16.0. The number of aromatic nitrogens is 2. The van der Waals surface area contributed by atoms with Crippen molar-refractivity contribution in [3.05, 3.63) is 54.6 Å². The van der Waals surface area contributed by atoms with Gasteiger partial charge in [0, 0.05) is 0 Å². The van der Waals surface area contributed by atoms with Gasteiger partial charge in [-0.25, -0.2) is 0 Å². The molecule has 0 aliphatic carbocycles. The highest BCUT2D eigenvalue weighted by atomic mass is 16.5. The van der Waals surface area contributed by atoms with Crippen LogP contribution < -0.4 is 9.30 Å².